The van der Waals surface area contributed by atoms with Crippen LogP contribution >= 0.6 is 15.9 Å². The van der Waals surface area contributed by atoms with Crippen LogP contribution in [-0.2, 0) is 14.0 Å². The van der Waals surface area contributed by atoms with E-state index < -0.39 is 18.3 Å². The SMILES string of the molecule is CC(C)(C)OCCC(=C(F)B1OC(C)(C)C(C)(C)O1)c1cccc(Br)c1. The lowest BCUT2D eigenvalue weighted by Gasteiger charge is -2.32. The van der Waals surface area contributed by atoms with Crippen molar-refractivity contribution in [2.75, 3.05) is 6.61 Å². The van der Waals surface area contributed by atoms with Gasteiger partial charge in [0.2, 0.25) is 0 Å². The van der Waals surface area contributed by atoms with Gasteiger partial charge in [-0.15, -0.1) is 0 Å². The van der Waals surface area contributed by atoms with Crippen molar-refractivity contribution in [3.05, 3.63) is 40.0 Å². The van der Waals surface area contributed by atoms with Crippen molar-refractivity contribution < 1.29 is 18.4 Å². The van der Waals surface area contributed by atoms with Crippen LogP contribution in [0, 0.1) is 0 Å². The molecule has 0 amide bonds. The zero-order valence-corrected chi connectivity index (χ0v) is 18.4. The number of hydrogen-bond acceptors (Lipinski definition) is 3. The van der Waals surface area contributed by atoms with Crippen LogP contribution in [0.1, 0.15) is 60.5 Å². The molecule has 0 aromatic heterocycles. The fourth-order valence-corrected chi connectivity index (χ4v) is 3.03. The molecule has 0 aliphatic carbocycles. The van der Waals surface area contributed by atoms with Crippen molar-refractivity contribution in [2.24, 2.45) is 0 Å². The van der Waals surface area contributed by atoms with Gasteiger partial charge >= 0.3 is 7.12 Å². The van der Waals surface area contributed by atoms with E-state index in [0.717, 1.165) is 10.0 Å². The van der Waals surface area contributed by atoms with E-state index >= 15 is 4.39 Å². The molecule has 6 heteroatoms. The lowest BCUT2D eigenvalue weighted by Crippen LogP contribution is -2.41. The van der Waals surface area contributed by atoms with Crippen LogP contribution in [0.3, 0.4) is 0 Å². The van der Waals surface area contributed by atoms with Crippen LogP contribution in [-0.4, -0.2) is 30.5 Å². The molecule has 1 aliphatic heterocycles. The van der Waals surface area contributed by atoms with E-state index in [1.54, 1.807) is 0 Å². The Hall–Kier alpha value is -0.685. The number of hydrogen-bond donors (Lipinski definition) is 0. The maximum Gasteiger partial charge on any atom is 0.525 e. The Labute approximate surface area is 165 Å². The van der Waals surface area contributed by atoms with Gasteiger partial charge in [-0.3, -0.25) is 0 Å². The summed E-state index contributed by atoms with van der Waals surface area (Å²) in [6.07, 6.45) is 0.434. The molecule has 1 aromatic rings. The van der Waals surface area contributed by atoms with E-state index in [1.165, 1.54) is 0 Å². The number of ether oxygens (including phenoxy) is 1. The third kappa shape index (κ3) is 5.19. The monoisotopic (exact) mass is 426 g/mol. The van der Waals surface area contributed by atoms with E-state index in [2.05, 4.69) is 15.9 Å². The molecule has 0 unspecified atom stereocenters. The van der Waals surface area contributed by atoms with Crippen LogP contribution < -0.4 is 0 Å². The minimum atomic E-state index is -1.01. The molecule has 1 aliphatic rings. The third-order valence-corrected chi connectivity index (χ3v) is 5.30. The first kappa shape index (κ1) is 21.6. The average Bonchev–Trinajstić information content (AvgIpc) is 2.70. The van der Waals surface area contributed by atoms with Gasteiger partial charge < -0.3 is 14.0 Å². The van der Waals surface area contributed by atoms with Crippen molar-refractivity contribution >= 4 is 28.6 Å². The summed E-state index contributed by atoms with van der Waals surface area (Å²) in [5, 5.41) is 0. The number of rotatable bonds is 5. The highest BCUT2D eigenvalue weighted by Crippen LogP contribution is 2.40. The molecule has 144 valence electrons. The Bertz CT molecular complexity index is 664. The highest BCUT2D eigenvalue weighted by Gasteiger charge is 2.53. The highest BCUT2D eigenvalue weighted by molar-refractivity contribution is 9.10. The minimum absolute atomic E-state index is 0.275. The van der Waals surface area contributed by atoms with Crippen molar-refractivity contribution in [3.8, 4) is 0 Å². The summed E-state index contributed by atoms with van der Waals surface area (Å²) in [6, 6.07) is 7.60. The Kier molecular flexibility index (Phi) is 6.44. The smallest absolute Gasteiger partial charge is 0.398 e. The molecule has 26 heavy (non-hydrogen) atoms. The first-order valence-corrected chi connectivity index (χ1v) is 9.76. The fourth-order valence-electron chi connectivity index (χ4n) is 2.63. The van der Waals surface area contributed by atoms with Crippen LogP contribution in [0.25, 0.3) is 5.57 Å². The van der Waals surface area contributed by atoms with Crippen LogP contribution in [0.4, 0.5) is 4.39 Å². The molecule has 1 aromatic carbocycles. The molecule has 3 nitrogen and oxygen atoms in total. The van der Waals surface area contributed by atoms with Crippen LogP contribution in [0.5, 0.6) is 0 Å². The van der Waals surface area contributed by atoms with E-state index in [-0.39, 0.29) is 11.3 Å². The Morgan fingerprint density at radius 2 is 1.73 bits per heavy atom. The standard InChI is InChI=1S/C20H29BBrFO3/c1-18(2,3)24-12-11-16(14-9-8-10-15(22)13-14)17(23)21-25-19(4,5)20(6,7)26-21/h8-10,13H,11-12H2,1-7H3. The van der Waals surface area contributed by atoms with Crippen molar-refractivity contribution in [3.63, 3.8) is 0 Å². The number of benzene rings is 1. The minimum Gasteiger partial charge on any atom is -0.398 e. The fraction of sp³-hybridized carbons (Fsp3) is 0.600. The summed E-state index contributed by atoms with van der Waals surface area (Å²) in [5.74, 6) is 0. The van der Waals surface area contributed by atoms with Gasteiger partial charge in [-0.2, -0.15) is 0 Å². The zero-order chi connectivity index (χ0) is 19.8. The van der Waals surface area contributed by atoms with Gasteiger partial charge in [-0.25, -0.2) is 4.39 Å². The summed E-state index contributed by atoms with van der Waals surface area (Å²) >= 11 is 3.46. The largest absolute Gasteiger partial charge is 0.525 e. The predicted octanol–water partition coefficient (Wildman–Crippen LogP) is 5.97. The Balaban J connectivity index is 2.34. The maximum absolute atomic E-state index is 15.5. The molecular formula is C20H29BBrFO3. The molecule has 1 fully saturated rings. The molecule has 0 atom stereocenters. The van der Waals surface area contributed by atoms with E-state index in [9.17, 15) is 0 Å². The molecule has 0 N–H and O–H groups in total. The summed E-state index contributed by atoms with van der Waals surface area (Å²) in [6.45, 7) is 14.0. The van der Waals surface area contributed by atoms with E-state index in [0.29, 0.717) is 18.6 Å². The Morgan fingerprint density at radius 3 is 2.23 bits per heavy atom. The third-order valence-electron chi connectivity index (χ3n) is 4.81. The van der Waals surface area contributed by atoms with Crippen molar-refractivity contribution in [1.82, 2.24) is 0 Å². The summed E-state index contributed by atoms with van der Waals surface area (Å²) in [5.41, 5.74) is -0.487. The number of halogens is 2. The second-order valence-electron chi connectivity index (χ2n) is 8.64. The van der Waals surface area contributed by atoms with Crippen LogP contribution in [0.2, 0.25) is 0 Å². The second-order valence-corrected chi connectivity index (χ2v) is 9.55. The van der Waals surface area contributed by atoms with Gasteiger partial charge in [-0.1, -0.05) is 28.1 Å². The van der Waals surface area contributed by atoms with Gasteiger partial charge in [0.1, 0.15) is 5.73 Å². The maximum atomic E-state index is 15.5. The molecular weight excluding hydrogens is 398 g/mol. The first-order valence-electron chi connectivity index (χ1n) is 8.96. The van der Waals surface area contributed by atoms with Crippen molar-refractivity contribution in [1.29, 1.82) is 0 Å². The lowest BCUT2D eigenvalue weighted by atomic mass is 9.82. The van der Waals surface area contributed by atoms with Gasteiger partial charge in [0.15, 0.2) is 0 Å². The molecule has 1 saturated heterocycles. The van der Waals surface area contributed by atoms with Crippen molar-refractivity contribution in [2.45, 2.75) is 71.7 Å². The van der Waals surface area contributed by atoms with E-state index in [1.807, 2.05) is 72.7 Å². The Morgan fingerprint density at radius 1 is 1.15 bits per heavy atom. The first-order chi connectivity index (χ1) is 11.8. The highest BCUT2D eigenvalue weighted by atomic mass is 79.9. The van der Waals surface area contributed by atoms with Gasteiger partial charge in [0, 0.05) is 4.47 Å². The van der Waals surface area contributed by atoms with Crippen LogP contribution in [0.15, 0.2) is 34.5 Å². The summed E-state index contributed by atoms with van der Waals surface area (Å²) in [7, 11) is -1.01. The summed E-state index contributed by atoms with van der Waals surface area (Å²) < 4.78 is 34.0. The quantitative estimate of drug-likeness (QED) is 0.543. The molecule has 0 radical (unpaired) electrons. The lowest BCUT2D eigenvalue weighted by molar-refractivity contribution is 0.000564. The molecule has 0 saturated carbocycles. The van der Waals surface area contributed by atoms with Gasteiger partial charge in [-0.05, 0) is 78.2 Å². The predicted molar refractivity (Wildman–Crippen MR) is 109 cm³/mol. The zero-order valence-electron chi connectivity index (χ0n) is 16.8. The van der Waals surface area contributed by atoms with E-state index in [4.69, 9.17) is 14.0 Å². The van der Waals surface area contributed by atoms with Gasteiger partial charge in [0.25, 0.3) is 0 Å². The molecule has 1 heterocycles. The normalized spacial score (nSPS) is 20.3. The second kappa shape index (κ2) is 7.74. The molecule has 2 rings (SSSR count). The topological polar surface area (TPSA) is 27.7 Å². The average molecular weight is 427 g/mol. The molecule has 0 bridgehead atoms. The molecule has 0 spiro atoms. The van der Waals surface area contributed by atoms with Gasteiger partial charge in [0.05, 0.1) is 23.4 Å². The summed E-state index contributed by atoms with van der Waals surface area (Å²) in [4.78, 5) is 0.